The van der Waals surface area contributed by atoms with Gasteiger partial charge in [0.2, 0.25) is 5.91 Å². The maximum absolute atomic E-state index is 15.8. The van der Waals surface area contributed by atoms with Crippen LogP contribution in [0.5, 0.6) is 0 Å². The molecule has 1 N–H and O–H groups in total. The molecule has 0 unspecified atom stereocenters. The molecule has 2 aliphatic rings. The number of hydrogen-bond acceptors (Lipinski definition) is 5. The summed E-state index contributed by atoms with van der Waals surface area (Å²) in [5, 5.41) is 10.0. The van der Waals surface area contributed by atoms with Crippen LogP contribution in [0.25, 0.3) is 16.5 Å². The summed E-state index contributed by atoms with van der Waals surface area (Å²) < 4.78 is 30.9. The average Bonchev–Trinajstić information content (AvgIpc) is 2.97. The summed E-state index contributed by atoms with van der Waals surface area (Å²) in [4.78, 5) is 24.4. The summed E-state index contributed by atoms with van der Waals surface area (Å²) in [5.74, 6) is -1.35. The van der Waals surface area contributed by atoms with E-state index in [0.717, 1.165) is 0 Å². The lowest BCUT2D eigenvalue weighted by Crippen LogP contribution is -2.48. The van der Waals surface area contributed by atoms with Gasteiger partial charge in [0.25, 0.3) is 0 Å². The van der Waals surface area contributed by atoms with Crippen LogP contribution in [0.1, 0.15) is 25.8 Å². The Morgan fingerprint density at radius 1 is 1.26 bits per heavy atom. The van der Waals surface area contributed by atoms with Crippen molar-refractivity contribution in [1.82, 2.24) is 14.9 Å². The molecular formula is C25H27ClF2N4O2. The fraction of sp³-hybridized carbons (Fsp3) is 0.400. The van der Waals surface area contributed by atoms with Crippen LogP contribution in [0.15, 0.2) is 42.5 Å². The molecule has 9 heteroatoms. The van der Waals surface area contributed by atoms with Gasteiger partial charge >= 0.3 is 0 Å². The molecule has 1 aliphatic heterocycles. The number of aliphatic hydroxyl groups excluding tert-OH is 1. The molecule has 6 nitrogen and oxygen atoms in total. The molecule has 1 aromatic heterocycles. The third-order valence-electron chi connectivity index (χ3n) is 6.43. The number of rotatable bonds is 4. The van der Waals surface area contributed by atoms with Crippen molar-refractivity contribution in [3.05, 3.63) is 58.9 Å². The standard InChI is InChI=1S/C25H27ClF2N4O2/c1-3-4-20(34)31-7-9-32(10-8-31)25-17-12-18(26)22(23(28)24(17)29-14-30-25)21-15(2)11-16(13-33)5-6-19(21)27/h3-6,12,14-16,33H,7-11,13H2,1-2H3/b4-3+/t15-,16+/m0/s1. The zero-order chi connectivity index (χ0) is 24.4. The molecule has 180 valence electrons. The molecule has 0 saturated carbocycles. The minimum atomic E-state index is -0.694. The Morgan fingerprint density at radius 2 is 2.00 bits per heavy atom. The number of anilines is 1. The lowest BCUT2D eigenvalue weighted by molar-refractivity contribution is -0.126. The second kappa shape index (κ2) is 10.2. The number of carbonyl (C=O) groups is 1. The van der Waals surface area contributed by atoms with Gasteiger partial charge in [0.15, 0.2) is 5.82 Å². The molecular weight excluding hydrogens is 462 g/mol. The Morgan fingerprint density at radius 3 is 2.68 bits per heavy atom. The predicted molar refractivity (Wildman–Crippen MR) is 130 cm³/mol. The summed E-state index contributed by atoms with van der Waals surface area (Å²) in [5.41, 5.74) is 0.234. The quantitative estimate of drug-likeness (QED) is 0.640. The van der Waals surface area contributed by atoms with Crippen LogP contribution >= 0.6 is 11.6 Å². The summed E-state index contributed by atoms with van der Waals surface area (Å²) in [6, 6.07) is 1.59. The van der Waals surface area contributed by atoms with Crippen LogP contribution in [0, 0.1) is 17.7 Å². The normalized spacial score (nSPS) is 21.6. The van der Waals surface area contributed by atoms with Gasteiger partial charge in [-0.1, -0.05) is 30.7 Å². The summed E-state index contributed by atoms with van der Waals surface area (Å²) in [6.07, 6.45) is 7.88. The van der Waals surface area contributed by atoms with E-state index in [1.165, 1.54) is 18.5 Å². The van der Waals surface area contributed by atoms with Gasteiger partial charge in [0.05, 0.1) is 5.02 Å². The fourth-order valence-electron chi connectivity index (χ4n) is 4.70. The van der Waals surface area contributed by atoms with E-state index >= 15 is 8.78 Å². The molecule has 34 heavy (non-hydrogen) atoms. The molecule has 1 aliphatic carbocycles. The zero-order valence-corrected chi connectivity index (χ0v) is 19.9. The first-order valence-electron chi connectivity index (χ1n) is 11.3. The van der Waals surface area contributed by atoms with Gasteiger partial charge in [0.1, 0.15) is 23.5 Å². The number of amides is 1. The molecule has 1 aromatic carbocycles. The van der Waals surface area contributed by atoms with Gasteiger partial charge < -0.3 is 14.9 Å². The smallest absolute Gasteiger partial charge is 0.246 e. The number of hydrogen-bond donors (Lipinski definition) is 1. The van der Waals surface area contributed by atoms with Crippen LogP contribution < -0.4 is 4.90 Å². The van der Waals surface area contributed by atoms with Gasteiger partial charge in [-0.2, -0.15) is 0 Å². The SMILES string of the molecule is C/C=C/C(=O)N1CCN(c2ncnc3c(F)c(C4=C(F)C=C[C@@H](CO)C[C@@H]4C)c(Cl)cc23)CC1. The molecule has 0 spiro atoms. The highest BCUT2D eigenvalue weighted by Crippen LogP contribution is 2.42. The van der Waals surface area contributed by atoms with Gasteiger partial charge in [-0.05, 0) is 37.5 Å². The van der Waals surface area contributed by atoms with E-state index in [-0.39, 0.29) is 46.0 Å². The lowest BCUT2D eigenvalue weighted by atomic mass is 9.87. The molecule has 2 aromatic rings. The largest absolute Gasteiger partial charge is 0.396 e. The Kier molecular flexibility index (Phi) is 7.28. The predicted octanol–water partition coefficient (Wildman–Crippen LogP) is 4.53. The van der Waals surface area contributed by atoms with E-state index in [4.69, 9.17) is 11.6 Å². The number of benzene rings is 1. The van der Waals surface area contributed by atoms with Gasteiger partial charge in [-0.3, -0.25) is 4.79 Å². The van der Waals surface area contributed by atoms with Gasteiger partial charge in [-0.25, -0.2) is 18.7 Å². The molecule has 0 radical (unpaired) electrons. The van der Waals surface area contributed by atoms with E-state index in [1.807, 2.05) is 4.90 Å². The number of halogens is 3. The topological polar surface area (TPSA) is 69.6 Å². The van der Waals surface area contributed by atoms with E-state index in [9.17, 15) is 9.90 Å². The molecule has 2 atom stereocenters. The highest BCUT2D eigenvalue weighted by molar-refractivity contribution is 6.33. The molecule has 0 bridgehead atoms. The van der Waals surface area contributed by atoms with Crippen molar-refractivity contribution in [3.8, 4) is 0 Å². The first kappa shape index (κ1) is 24.3. The van der Waals surface area contributed by atoms with Crippen molar-refractivity contribution in [1.29, 1.82) is 0 Å². The number of aromatic nitrogens is 2. The van der Waals surface area contributed by atoms with Crippen LogP contribution in [0.2, 0.25) is 5.02 Å². The van der Waals surface area contributed by atoms with E-state index < -0.39 is 11.6 Å². The van der Waals surface area contributed by atoms with Crippen LogP contribution in [-0.2, 0) is 4.79 Å². The first-order valence-corrected chi connectivity index (χ1v) is 11.7. The number of nitrogens with zero attached hydrogens (tertiary/aromatic N) is 4. The minimum absolute atomic E-state index is 0.00572. The third kappa shape index (κ3) is 4.57. The van der Waals surface area contributed by atoms with Crippen molar-refractivity contribution in [2.24, 2.45) is 11.8 Å². The number of piperazine rings is 1. The second-order valence-electron chi connectivity index (χ2n) is 8.65. The molecule has 1 amide bonds. The number of allylic oxidation sites excluding steroid dienone is 4. The van der Waals surface area contributed by atoms with Crippen LogP contribution in [-0.4, -0.2) is 58.7 Å². The number of fused-ring (bicyclic) bond motifs is 1. The van der Waals surface area contributed by atoms with Gasteiger partial charge in [-0.15, -0.1) is 0 Å². The number of aliphatic hydroxyl groups is 1. The summed E-state index contributed by atoms with van der Waals surface area (Å²) in [7, 11) is 0. The average molecular weight is 489 g/mol. The van der Waals surface area contributed by atoms with E-state index in [1.54, 1.807) is 37.0 Å². The lowest BCUT2D eigenvalue weighted by Gasteiger charge is -2.35. The summed E-state index contributed by atoms with van der Waals surface area (Å²) in [6.45, 7) is 5.56. The van der Waals surface area contributed by atoms with Crippen molar-refractivity contribution in [3.63, 3.8) is 0 Å². The van der Waals surface area contributed by atoms with Crippen LogP contribution in [0.3, 0.4) is 0 Å². The highest BCUT2D eigenvalue weighted by Gasteiger charge is 2.29. The van der Waals surface area contributed by atoms with Crippen molar-refractivity contribution >= 4 is 39.8 Å². The van der Waals surface area contributed by atoms with Crippen molar-refractivity contribution in [2.75, 3.05) is 37.7 Å². The minimum Gasteiger partial charge on any atom is -0.396 e. The highest BCUT2D eigenvalue weighted by atomic mass is 35.5. The maximum Gasteiger partial charge on any atom is 0.246 e. The molecule has 2 heterocycles. The third-order valence-corrected chi connectivity index (χ3v) is 6.72. The molecule has 4 rings (SSSR count). The number of carbonyl (C=O) groups excluding carboxylic acids is 1. The Bertz CT molecular complexity index is 1190. The fourth-order valence-corrected chi connectivity index (χ4v) is 4.99. The van der Waals surface area contributed by atoms with E-state index in [2.05, 4.69) is 9.97 Å². The van der Waals surface area contributed by atoms with Crippen LogP contribution in [0.4, 0.5) is 14.6 Å². The molecule has 1 saturated heterocycles. The Hall–Kier alpha value is -2.84. The van der Waals surface area contributed by atoms with Crippen molar-refractivity contribution < 1.29 is 18.7 Å². The van der Waals surface area contributed by atoms with Gasteiger partial charge in [0, 0.05) is 55.2 Å². The van der Waals surface area contributed by atoms with E-state index in [0.29, 0.717) is 43.8 Å². The Labute approximate surface area is 202 Å². The Balaban J connectivity index is 1.71. The van der Waals surface area contributed by atoms with Crippen molar-refractivity contribution in [2.45, 2.75) is 20.3 Å². The second-order valence-corrected chi connectivity index (χ2v) is 9.06. The monoisotopic (exact) mass is 488 g/mol. The first-order chi connectivity index (χ1) is 16.3. The molecule has 1 fully saturated rings. The zero-order valence-electron chi connectivity index (χ0n) is 19.1. The summed E-state index contributed by atoms with van der Waals surface area (Å²) >= 11 is 6.56. The maximum atomic E-state index is 15.8.